The van der Waals surface area contributed by atoms with Crippen LogP contribution in [0.3, 0.4) is 0 Å². The van der Waals surface area contributed by atoms with E-state index in [0.29, 0.717) is 0 Å². The van der Waals surface area contributed by atoms with Crippen LogP contribution in [0, 0.1) is 0 Å². The Morgan fingerprint density at radius 3 is 2.43 bits per heavy atom. The summed E-state index contributed by atoms with van der Waals surface area (Å²) in [7, 11) is 0. The Morgan fingerprint density at radius 1 is 1.71 bits per heavy atom. The van der Waals surface area contributed by atoms with Crippen molar-refractivity contribution in [3.63, 3.8) is 0 Å². The molecule has 2 heteroatoms. The first kappa shape index (κ1) is 5.95. The third-order valence-corrected chi connectivity index (χ3v) is 0.429. The molecular formula is C5H7NO. The van der Waals surface area contributed by atoms with Crippen LogP contribution in [-0.4, -0.2) is 11.8 Å². The van der Waals surface area contributed by atoms with Crippen molar-refractivity contribution >= 4 is 6.72 Å². The second-order valence-corrected chi connectivity index (χ2v) is 0.919. The topological polar surface area (TPSA) is 32.6 Å². The summed E-state index contributed by atoms with van der Waals surface area (Å²) < 4.78 is 0. The Kier molecular flexibility index (Phi) is 2.68. The number of hydrogen-bond acceptors (Lipinski definition) is 2. The monoisotopic (exact) mass is 97.1 g/mol. The molecule has 0 radical (unpaired) electrons. The van der Waals surface area contributed by atoms with E-state index in [4.69, 9.17) is 5.11 Å². The van der Waals surface area contributed by atoms with Gasteiger partial charge in [0.1, 0.15) is 0 Å². The van der Waals surface area contributed by atoms with Gasteiger partial charge in [0, 0.05) is 0 Å². The van der Waals surface area contributed by atoms with Gasteiger partial charge in [-0.2, -0.15) is 0 Å². The number of aliphatic hydroxyl groups excluding tert-OH is 1. The summed E-state index contributed by atoms with van der Waals surface area (Å²) in [6.45, 7) is 6.39. The molecule has 7 heavy (non-hydrogen) atoms. The molecule has 38 valence electrons. The van der Waals surface area contributed by atoms with Crippen LogP contribution in [0.2, 0.25) is 0 Å². The molecule has 0 aliphatic heterocycles. The summed E-state index contributed by atoms with van der Waals surface area (Å²) in [6, 6.07) is 0. The molecule has 0 rings (SSSR count). The highest BCUT2D eigenvalue weighted by Gasteiger charge is 1.73. The van der Waals surface area contributed by atoms with Gasteiger partial charge in [0.15, 0.2) is 0 Å². The van der Waals surface area contributed by atoms with Gasteiger partial charge >= 0.3 is 0 Å². The van der Waals surface area contributed by atoms with Gasteiger partial charge in [0.2, 0.25) is 5.88 Å². The van der Waals surface area contributed by atoms with Gasteiger partial charge in [-0.25, -0.2) is 4.99 Å². The van der Waals surface area contributed by atoms with Gasteiger partial charge in [-0.3, -0.25) is 0 Å². The quantitative estimate of drug-likeness (QED) is 0.314. The Balaban J connectivity index is 3.72. The maximum absolute atomic E-state index is 8.42. The second-order valence-electron chi connectivity index (χ2n) is 0.919. The fourth-order valence-electron chi connectivity index (χ4n) is 0.158. The SMILES string of the molecule is C=C/C=C(/O)N=C. The average molecular weight is 97.1 g/mol. The second kappa shape index (κ2) is 3.15. The molecular weight excluding hydrogens is 90.1 g/mol. The van der Waals surface area contributed by atoms with E-state index in [1.54, 1.807) is 0 Å². The Morgan fingerprint density at radius 2 is 2.29 bits per heavy atom. The first-order valence-corrected chi connectivity index (χ1v) is 1.79. The summed E-state index contributed by atoms with van der Waals surface area (Å²) in [4.78, 5) is 3.17. The normalized spacial score (nSPS) is 10.6. The largest absolute Gasteiger partial charge is 0.493 e. The van der Waals surface area contributed by atoms with E-state index in [1.165, 1.54) is 12.2 Å². The predicted molar refractivity (Wildman–Crippen MR) is 30.5 cm³/mol. The van der Waals surface area contributed by atoms with Crippen molar-refractivity contribution in [1.82, 2.24) is 0 Å². The molecule has 0 aliphatic carbocycles. The van der Waals surface area contributed by atoms with Crippen molar-refractivity contribution in [2.75, 3.05) is 0 Å². The molecule has 0 spiro atoms. The van der Waals surface area contributed by atoms with Crippen molar-refractivity contribution in [3.8, 4) is 0 Å². The minimum absolute atomic E-state index is 0.102. The van der Waals surface area contributed by atoms with Crippen molar-refractivity contribution < 1.29 is 5.11 Å². The number of aliphatic hydroxyl groups is 1. The minimum Gasteiger partial charge on any atom is -0.493 e. The lowest BCUT2D eigenvalue weighted by atomic mass is 10.6. The minimum atomic E-state index is -0.102. The molecule has 0 amide bonds. The van der Waals surface area contributed by atoms with Gasteiger partial charge in [-0.05, 0) is 12.8 Å². The van der Waals surface area contributed by atoms with Crippen LogP contribution in [0.4, 0.5) is 0 Å². The van der Waals surface area contributed by atoms with Gasteiger partial charge in [0.25, 0.3) is 0 Å². The maximum atomic E-state index is 8.42. The van der Waals surface area contributed by atoms with Crippen LogP contribution in [0.1, 0.15) is 0 Å². The van der Waals surface area contributed by atoms with Crippen molar-refractivity contribution in [3.05, 3.63) is 24.6 Å². The van der Waals surface area contributed by atoms with E-state index in [-0.39, 0.29) is 5.88 Å². The summed E-state index contributed by atoms with van der Waals surface area (Å²) in [5, 5.41) is 8.42. The summed E-state index contributed by atoms with van der Waals surface area (Å²) in [5.74, 6) is -0.102. The van der Waals surface area contributed by atoms with Gasteiger partial charge in [0.05, 0.1) is 0 Å². The molecule has 2 nitrogen and oxygen atoms in total. The van der Waals surface area contributed by atoms with E-state index in [1.807, 2.05) is 0 Å². The zero-order chi connectivity index (χ0) is 5.70. The molecule has 0 unspecified atom stereocenters. The zero-order valence-corrected chi connectivity index (χ0v) is 3.96. The van der Waals surface area contributed by atoms with E-state index in [2.05, 4.69) is 18.3 Å². The van der Waals surface area contributed by atoms with Crippen LogP contribution >= 0.6 is 0 Å². The molecule has 0 aliphatic rings. The smallest absolute Gasteiger partial charge is 0.210 e. The number of hydrogen-bond donors (Lipinski definition) is 1. The number of nitrogens with zero attached hydrogens (tertiary/aromatic N) is 1. The highest BCUT2D eigenvalue weighted by atomic mass is 16.3. The fraction of sp³-hybridized carbons (Fsp3) is 0. The number of rotatable bonds is 2. The molecule has 0 aromatic heterocycles. The van der Waals surface area contributed by atoms with E-state index >= 15 is 0 Å². The molecule has 0 aromatic rings. The lowest BCUT2D eigenvalue weighted by molar-refractivity contribution is 0.408. The Hall–Kier alpha value is -1.05. The fourth-order valence-corrected chi connectivity index (χ4v) is 0.158. The Labute approximate surface area is 42.5 Å². The third kappa shape index (κ3) is 2.76. The highest BCUT2D eigenvalue weighted by Crippen LogP contribution is 1.85. The van der Waals surface area contributed by atoms with E-state index < -0.39 is 0 Å². The van der Waals surface area contributed by atoms with Crippen LogP contribution in [0.15, 0.2) is 29.6 Å². The number of aliphatic imine (C=N–C) groups is 1. The Bertz CT molecular complexity index is 105. The molecule has 0 bridgehead atoms. The number of allylic oxidation sites excluding steroid dienone is 2. The summed E-state index contributed by atoms with van der Waals surface area (Å²) in [5.41, 5.74) is 0. The first-order chi connectivity index (χ1) is 3.31. The van der Waals surface area contributed by atoms with Crippen LogP contribution in [0.5, 0.6) is 0 Å². The third-order valence-electron chi connectivity index (χ3n) is 0.429. The van der Waals surface area contributed by atoms with Crippen LogP contribution in [-0.2, 0) is 0 Å². The summed E-state index contributed by atoms with van der Waals surface area (Å²) >= 11 is 0. The lowest BCUT2D eigenvalue weighted by Gasteiger charge is -1.79. The van der Waals surface area contributed by atoms with Gasteiger partial charge < -0.3 is 5.11 Å². The molecule has 0 fully saturated rings. The molecule has 0 saturated carbocycles. The average Bonchev–Trinajstić information content (AvgIpc) is 1.68. The van der Waals surface area contributed by atoms with Crippen molar-refractivity contribution in [2.45, 2.75) is 0 Å². The predicted octanol–water partition coefficient (Wildman–Crippen LogP) is 1.27. The molecule has 0 heterocycles. The van der Waals surface area contributed by atoms with Crippen LogP contribution < -0.4 is 0 Å². The standard InChI is InChI=1S/C5H7NO/c1-3-4-5(7)6-2/h3-4,7H,1-2H2/b5-4+. The summed E-state index contributed by atoms with van der Waals surface area (Å²) in [6.07, 6.45) is 2.79. The maximum Gasteiger partial charge on any atom is 0.210 e. The van der Waals surface area contributed by atoms with E-state index in [9.17, 15) is 0 Å². The highest BCUT2D eigenvalue weighted by molar-refractivity contribution is 5.27. The molecule has 0 atom stereocenters. The molecule has 0 aromatic carbocycles. The first-order valence-electron chi connectivity index (χ1n) is 1.79. The van der Waals surface area contributed by atoms with Crippen molar-refractivity contribution in [2.24, 2.45) is 4.99 Å². The van der Waals surface area contributed by atoms with Gasteiger partial charge in [-0.15, -0.1) is 0 Å². The van der Waals surface area contributed by atoms with Crippen molar-refractivity contribution in [1.29, 1.82) is 0 Å². The van der Waals surface area contributed by atoms with E-state index in [0.717, 1.165) is 0 Å². The van der Waals surface area contributed by atoms with Gasteiger partial charge in [-0.1, -0.05) is 12.7 Å². The molecule has 0 saturated heterocycles. The van der Waals surface area contributed by atoms with Crippen LogP contribution in [0.25, 0.3) is 0 Å². The molecule has 1 N–H and O–H groups in total. The lowest BCUT2D eigenvalue weighted by Crippen LogP contribution is -1.67. The zero-order valence-electron chi connectivity index (χ0n) is 3.96.